The van der Waals surface area contributed by atoms with Crippen LogP contribution in [0.1, 0.15) is 118 Å². The number of thioether (sulfide) groups is 1. The van der Waals surface area contributed by atoms with E-state index in [1.807, 2.05) is 68.9 Å². The van der Waals surface area contributed by atoms with Crippen LogP contribution in [0.5, 0.6) is 0 Å². The number of carbonyl (C=O) groups is 1. The van der Waals surface area contributed by atoms with Gasteiger partial charge in [-0.15, -0.1) is 16.9 Å². The number of rotatable bonds is 17. The monoisotopic (exact) mass is 1060 g/mol. The van der Waals surface area contributed by atoms with Gasteiger partial charge in [-0.1, -0.05) is 45.0 Å². The number of likely N-dealkylation sites (N-methyl/N-ethyl adjacent to an activating group) is 2. The third-order valence-corrected chi connectivity index (χ3v) is 17.4. The second-order valence-electron chi connectivity index (χ2n) is 22.2. The maximum Gasteiger partial charge on any atom is 0.309 e. The molecule has 0 bridgehead atoms. The van der Waals surface area contributed by atoms with Crippen LogP contribution in [0.3, 0.4) is 0 Å². The lowest BCUT2D eigenvalue weighted by molar-refractivity contribution is -0.302. The van der Waals surface area contributed by atoms with Gasteiger partial charge in [0.15, 0.2) is 6.29 Å². The number of aromatic nitrogens is 3. The lowest BCUT2D eigenvalue weighted by atomic mass is 9.68. The van der Waals surface area contributed by atoms with Crippen LogP contribution in [-0.4, -0.2) is 206 Å². The largest absolute Gasteiger partial charge is 0.459 e. The molecule has 0 saturated carbocycles. The van der Waals surface area contributed by atoms with Gasteiger partial charge in [-0.3, -0.25) is 4.79 Å². The lowest BCUT2D eigenvalue weighted by Gasteiger charge is -2.51. The second-order valence-corrected chi connectivity index (χ2v) is 23.4. The molecule has 0 aliphatic carbocycles. The minimum Gasteiger partial charge on any atom is -0.459 e. The highest BCUT2D eigenvalue weighted by molar-refractivity contribution is 7.99. The summed E-state index contributed by atoms with van der Waals surface area (Å²) in [5.74, 6) is -2.69. The van der Waals surface area contributed by atoms with Crippen molar-refractivity contribution in [2.24, 2.45) is 23.7 Å². The molecule has 418 valence electrons. The van der Waals surface area contributed by atoms with Gasteiger partial charge in [-0.25, -0.2) is 9.07 Å². The fourth-order valence-electron chi connectivity index (χ4n) is 12.0. The Labute approximate surface area is 437 Å². The number of methoxy groups -OCH3 is 2. The summed E-state index contributed by atoms with van der Waals surface area (Å²) in [6.07, 6.45) is -6.25. The standard InChI is InChI=1S/C53H90FN5O13S/c1-15-42-53(10,66)46(62)34(6)58(12)28-30(2)25-51(8,65)48(32(4)43(33(5)49(64)71-42)41-26-52(9,68-14)47(63)35(7)70-41)72-50-44(61)39(24-31(3)69-50)57(11)21-20-37-29-59(56-55-37)40(27-54)45(67-13)36-16-18-38(19-17-36)73-23-22-60/h16-19,29-35,39-48,50,60-63,65-66H,15,20-28H2,1-14H3/t30-,31-,32+,33-,34-,35+,39+,40-,41?,42-,43+,44-,45-,46-,47+,48-,50+,51-,52-,53-/m1/s1. The smallest absolute Gasteiger partial charge is 0.309 e. The van der Waals surface area contributed by atoms with Crippen molar-refractivity contribution < 1.29 is 68.2 Å². The first kappa shape index (κ1) is 61.4. The summed E-state index contributed by atoms with van der Waals surface area (Å²) in [7, 11) is 6.79. The van der Waals surface area contributed by atoms with Gasteiger partial charge in [-0.05, 0) is 104 Å². The second kappa shape index (κ2) is 26.3. The van der Waals surface area contributed by atoms with Gasteiger partial charge in [0.25, 0.3) is 0 Å². The van der Waals surface area contributed by atoms with E-state index in [2.05, 4.69) is 10.3 Å². The fraction of sp³-hybridized carbons (Fsp3) is 0.830. The van der Waals surface area contributed by atoms with E-state index in [0.29, 0.717) is 37.4 Å². The topological polar surface area (TPSA) is 231 Å². The number of aliphatic hydroxyl groups is 6. The molecular weight excluding hydrogens is 966 g/mol. The summed E-state index contributed by atoms with van der Waals surface area (Å²) < 4.78 is 54.3. The molecule has 2 aromatic rings. The third kappa shape index (κ3) is 14.4. The molecule has 18 nitrogen and oxygen atoms in total. The van der Waals surface area contributed by atoms with Crippen LogP contribution in [0.4, 0.5) is 4.39 Å². The Morgan fingerprint density at radius 1 is 1.00 bits per heavy atom. The molecule has 0 radical (unpaired) electrons. The van der Waals surface area contributed by atoms with Crippen LogP contribution in [0.15, 0.2) is 35.4 Å². The Hall–Kier alpha value is -2.41. The van der Waals surface area contributed by atoms with Gasteiger partial charge < -0.3 is 68.9 Å². The van der Waals surface area contributed by atoms with Crippen LogP contribution in [-0.2, 0) is 39.6 Å². The maximum atomic E-state index is 14.8. The van der Waals surface area contributed by atoms with Crippen molar-refractivity contribution in [1.29, 1.82) is 0 Å². The summed E-state index contributed by atoms with van der Waals surface area (Å²) in [6.45, 7) is 18.0. The molecule has 0 spiro atoms. The summed E-state index contributed by atoms with van der Waals surface area (Å²) in [4.78, 5) is 19.6. The molecule has 20 atom stereocenters. The van der Waals surface area contributed by atoms with E-state index in [1.165, 1.54) is 37.6 Å². The van der Waals surface area contributed by atoms with Crippen molar-refractivity contribution in [2.45, 2.75) is 202 Å². The Morgan fingerprint density at radius 3 is 2.27 bits per heavy atom. The first-order chi connectivity index (χ1) is 34.3. The van der Waals surface area contributed by atoms with Gasteiger partial charge >= 0.3 is 5.97 Å². The van der Waals surface area contributed by atoms with Gasteiger partial charge in [0.1, 0.15) is 48.8 Å². The van der Waals surface area contributed by atoms with Gasteiger partial charge in [0, 0.05) is 75.0 Å². The van der Waals surface area contributed by atoms with E-state index < -0.39 is 127 Å². The van der Waals surface area contributed by atoms with E-state index in [-0.39, 0.29) is 31.8 Å². The van der Waals surface area contributed by atoms with Crippen LogP contribution in [0.2, 0.25) is 0 Å². The van der Waals surface area contributed by atoms with Crippen LogP contribution < -0.4 is 0 Å². The van der Waals surface area contributed by atoms with Crippen molar-refractivity contribution in [2.75, 3.05) is 60.4 Å². The third-order valence-electron chi connectivity index (χ3n) is 16.4. The Kier molecular flexibility index (Phi) is 22.1. The van der Waals surface area contributed by atoms with Crippen molar-refractivity contribution >= 4 is 17.7 Å². The molecule has 3 aliphatic heterocycles. The molecule has 4 heterocycles. The number of aliphatic hydroxyl groups excluding tert-OH is 4. The number of halogens is 1. The summed E-state index contributed by atoms with van der Waals surface area (Å²) in [5.41, 5.74) is -3.13. The lowest BCUT2D eigenvalue weighted by Crippen LogP contribution is -2.62. The quantitative estimate of drug-likeness (QED) is 0.0955. The zero-order chi connectivity index (χ0) is 54.3. The highest BCUT2D eigenvalue weighted by Crippen LogP contribution is 2.45. The molecule has 3 aliphatic rings. The van der Waals surface area contributed by atoms with E-state index in [1.54, 1.807) is 47.7 Å². The molecule has 1 unspecified atom stereocenters. The molecule has 3 saturated heterocycles. The Morgan fingerprint density at radius 2 is 1.67 bits per heavy atom. The van der Waals surface area contributed by atoms with Crippen molar-refractivity contribution in [1.82, 2.24) is 24.8 Å². The normalized spacial score (nSPS) is 39.6. The average molecular weight is 1060 g/mol. The van der Waals surface area contributed by atoms with E-state index in [0.717, 1.165) is 10.5 Å². The SMILES string of the molecule is CC[C@H]1OC(=O)[C@H](C)[C@@H](C2C[C@@](C)(OC)[C@@H](O)[C@H](C)O2)[C@H](C)[C@@H](O[C@@H]2O[C@H](C)C[C@H](N(C)CCc3cn([C@H](CF)[C@H](OC)c4ccc(SCCO)cc4)nn3)[C@H]2O)[C@](C)(O)C[C@@H](C)CN(C)[C@H](C)[C@@H](O)[C@]1(C)O. The number of alkyl halides is 1. The number of ether oxygens (including phenoxy) is 6. The minimum atomic E-state index is -1.83. The van der Waals surface area contributed by atoms with Gasteiger partial charge in [-0.2, -0.15) is 0 Å². The zero-order valence-electron chi connectivity index (χ0n) is 45.8. The first-order valence-electron chi connectivity index (χ1n) is 26.2. The number of hydrogen-bond acceptors (Lipinski definition) is 18. The molecule has 6 N–H and O–H groups in total. The van der Waals surface area contributed by atoms with E-state index in [4.69, 9.17) is 28.4 Å². The summed E-state index contributed by atoms with van der Waals surface area (Å²) >= 11 is 1.52. The highest BCUT2D eigenvalue weighted by Gasteiger charge is 2.55. The van der Waals surface area contributed by atoms with Crippen molar-refractivity contribution in [3.05, 3.63) is 41.7 Å². The number of nitrogens with zero attached hydrogens (tertiary/aromatic N) is 5. The highest BCUT2D eigenvalue weighted by atomic mass is 32.2. The number of carbonyl (C=O) groups excluding carboxylic acids is 1. The average Bonchev–Trinajstić information content (AvgIpc) is 3.82. The molecule has 1 aromatic carbocycles. The van der Waals surface area contributed by atoms with E-state index >= 15 is 0 Å². The van der Waals surface area contributed by atoms with Crippen LogP contribution in [0, 0.1) is 23.7 Å². The van der Waals surface area contributed by atoms with Gasteiger partial charge in [0.05, 0.1) is 53.8 Å². The molecule has 0 amide bonds. The molecule has 20 heteroatoms. The summed E-state index contributed by atoms with van der Waals surface area (Å²) in [5, 5.41) is 78.1. The molecule has 3 fully saturated rings. The summed E-state index contributed by atoms with van der Waals surface area (Å²) in [6, 6.07) is 5.78. The minimum absolute atomic E-state index is 0.0657. The zero-order valence-corrected chi connectivity index (χ0v) is 46.7. The van der Waals surface area contributed by atoms with Crippen molar-refractivity contribution in [3.8, 4) is 0 Å². The number of hydrogen-bond donors (Lipinski definition) is 6. The van der Waals surface area contributed by atoms with Crippen LogP contribution >= 0.6 is 11.8 Å². The molecule has 73 heavy (non-hydrogen) atoms. The molecule has 5 rings (SSSR count). The first-order valence-corrected chi connectivity index (χ1v) is 27.2. The Bertz CT molecular complexity index is 2010. The number of esters is 1. The predicted octanol–water partition coefficient (Wildman–Crippen LogP) is 4.36. The van der Waals surface area contributed by atoms with Gasteiger partial charge in [0.2, 0.25) is 0 Å². The van der Waals surface area contributed by atoms with E-state index in [9.17, 15) is 39.8 Å². The van der Waals surface area contributed by atoms with Crippen LogP contribution in [0.25, 0.3) is 0 Å². The number of cyclic esters (lactones) is 1. The molecular formula is C53H90FN5O13S. The number of benzene rings is 1. The maximum absolute atomic E-state index is 14.8. The fourth-order valence-corrected chi connectivity index (χ4v) is 12.6. The predicted molar refractivity (Wildman–Crippen MR) is 274 cm³/mol. The molecule has 1 aromatic heterocycles. The van der Waals surface area contributed by atoms with Crippen molar-refractivity contribution in [3.63, 3.8) is 0 Å². The Balaban J connectivity index is 1.44.